The van der Waals surface area contributed by atoms with Crippen molar-refractivity contribution in [3.8, 4) is 11.5 Å². The quantitative estimate of drug-likeness (QED) is 0.666. The summed E-state index contributed by atoms with van der Waals surface area (Å²) in [6, 6.07) is 10.5. The predicted octanol–water partition coefficient (Wildman–Crippen LogP) is 5.01. The van der Waals surface area contributed by atoms with Gasteiger partial charge in [-0.25, -0.2) is 4.79 Å². The van der Waals surface area contributed by atoms with Crippen LogP contribution in [0.3, 0.4) is 0 Å². The van der Waals surface area contributed by atoms with E-state index in [0.29, 0.717) is 28.2 Å². The number of hydrogen-bond donors (Lipinski definition) is 1. The van der Waals surface area contributed by atoms with E-state index < -0.39 is 11.5 Å². The Morgan fingerprint density at radius 1 is 1.28 bits per heavy atom. The molecule has 3 aromatic rings. The lowest BCUT2D eigenvalue weighted by molar-refractivity contribution is 0.401. The maximum atomic E-state index is 12.6. The monoisotopic (exact) mass is 358 g/mol. The molecule has 0 amide bonds. The Morgan fingerprint density at radius 3 is 2.68 bits per heavy atom. The van der Waals surface area contributed by atoms with Crippen molar-refractivity contribution >= 4 is 22.6 Å². The molecule has 0 aliphatic carbocycles. The van der Waals surface area contributed by atoms with Crippen LogP contribution >= 0.6 is 11.6 Å². The van der Waals surface area contributed by atoms with Gasteiger partial charge in [-0.1, -0.05) is 30.7 Å². The Hall–Kier alpha value is -2.46. The normalized spacial score (nSPS) is 12.3. The number of aryl methyl sites for hydroxylation is 1. The van der Waals surface area contributed by atoms with E-state index >= 15 is 0 Å². The van der Waals surface area contributed by atoms with Gasteiger partial charge in [-0.15, -0.1) is 0 Å². The summed E-state index contributed by atoms with van der Waals surface area (Å²) in [6.07, 6.45) is 0.576. The first-order valence-electron chi connectivity index (χ1n) is 8.06. The van der Waals surface area contributed by atoms with Crippen molar-refractivity contribution in [3.05, 3.63) is 68.5 Å². The second kappa shape index (κ2) is 6.81. The minimum Gasteiger partial charge on any atom is -0.507 e. The van der Waals surface area contributed by atoms with Crippen LogP contribution in [0.2, 0.25) is 5.02 Å². The molecular formula is C20H19ClO4. The Kier molecular flexibility index (Phi) is 4.73. The molecule has 1 heterocycles. The summed E-state index contributed by atoms with van der Waals surface area (Å²) in [5, 5.41) is 11.8. The zero-order chi connectivity index (χ0) is 18.1. The molecule has 0 saturated carbocycles. The lowest BCUT2D eigenvalue weighted by atomic mass is 9.87. The Balaban J connectivity index is 2.31. The fourth-order valence-electron chi connectivity index (χ4n) is 3.33. The van der Waals surface area contributed by atoms with Crippen LogP contribution in [0.15, 0.2) is 45.6 Å². The molecule has 0 fully saturated rings. The average Bonchev–Trinajstić information content (AvgIpc) is 2.58. The molecule has 0 aliphatic rings. The molecule has 1 aromatic heterocycles. The maximum absolute atomic E-state index is 12.6. The van der Waals surface area contributed by atoms with Crippen molar-refractivity contribution in [1.29, 1.82) is 0 Å². The van der Waals surface area contributed by atoms with E-state index in [1.807, 2.05) is 13.8 Å². The van der Waals surface area contributed by atoms with E-state index in [0.717, 1.165) is 11.1 Å². The summed E-state index contributed by atoms with van der Waals surface area (Å²) in [5.41, 5.74) is 1.66. The summed E-state index contributed by atoms with van der Waals surface area (Å²) in [7, 11) is 1.58. The van der Waals surface area contributed by atoms with Crippen molar-refractivity contribution < 1.29 is 14.3 Å². The molecule has 4 nitrogen and oxygen atoms in total. The van der Waals surface area contributed by atoms with Crippen LogP contribution in [0.25, 0.3) is 11.0 Å². The van der Waals surface area contributed by atoms with Crippen LogP contribution in [0.4, 0.5) is 0 Å². The molecule has 1 unspecified atom stereocenters. The molecule has 0 radical (unpaired) electrons. The molecule has 1 N–H and O–H groups in total. The van der Waals surface area contributed by atoms with Gasteiger partial charge in [0.15, 0.2) is 0 Å². The minimum absolute atomic E-state index is 0.0571. The largest absolute Gasteiger partial charge is 0.507 e. The first-order chi connectivity index (χ1) is 12.0. The van der Waals surface area contributed by atoms with Gasteiger partial charge in [0.2, 0.25) is 0 Å². The molecule has 0 saturated heterocycles. The molecule has 25 heavy (non-hydrogen) atoms. The highest BCUT2D eigenvalue weighted by Gasteiger charge is 2.26. The fraction of sp³-hybridized carbons (Fsp3) is 0.250. The third-order valence-corrected chi connectivity index (χ3v) is 4.64. The van der Waals surface area contributed by atoms with E-state index in [1.165, 1.54) is 0 Å². The third kappa shape index (κ3) is 2.98. The molecule has 3 rings (SSSR count). The van der Waals surface area contributed by atoms with Crippen LogP contribution in [0.5, 0.6) is 11.5 Å². The highest BCUT2D eigenvalue weighted by Crippen LogP contribution is 2.41. The zero-order valence-corrected chi connectivity index (χ0v) is 15.1. The summed E-state index contributed by atoms with van der Waals surface area (Å²) in [4.78, 5) is 12.6. The van der Waals surface area contributed by atoms with Crippen LogP contribution in [0, 0.1) is 6.92 Å². The van der Waals surface area contributed by atoms with Crippen molar-refractivity contribution in [1.82, 2.24) is 0 Å². The van der Waals surface area contributed by atoms with E-state index in [-0.39, 0.29) is 11.3 Å². The molecule has 130 valence electrons. The van der Waals surface area contributed by atoms with E-state index in [9.17, 15) is 9.90 Å². The second-order valence-corrected chi connectivity index (χ2v) is 6.39. The van der Waals surface area contributed by atoms with Gasteiger partial charge in [0.05, 0.1) is 18.1 Å². The van der Waals surface area contributed by atoms with Gasteiger partial charge in [0.25, 0.3) is 0 Å². The first-order valence-corrected chi connectivity index (χ1v) is 8.44. The lowest BCUT2D eigenvalue weighted by Crippen LogP contribution is -2.15. The van der Waals surface area contributed by atoms with Crippen LogP contribution in [-0.4, -0.2) is 12.2 Å². The van der Waals surface area contributed by atoms with Gasteiger partial charge in [0.1, 0.15) is 17.1 Å². The van der Waals surface area contributed by atoms with E-state index in [4.69, 9.17) is 20.8 Å². The van der Waals surface area contributed by atoms with Crippen LogP contribution in [-0.2, 0) is 0 Å². The van der Waals surface area contributed by atoms with Crippen molar-refractivity contribution in [2.75, 3.05) is 7.11 Å². The minimum atomic E-state index is -0.553. The lowest BCUT2D eigenvalue weighted by Gasteiger charge is -2.21. The average molecular weight is 359 g/mol. The summed E-state index contributed by atoms with van der Waals surface area (Å²) in [6.45, 7) is 3.83. The Labute approximate surface area is 150 Å². The van der Waals surface area contributed by atoms with Crippen molar-refractivity contribution in [2.24, 2.45) is 0 Å². The fourth-order valence-corrected chi connectivity index (χ4v) is 3.61. The zero-order valence-electron chi connectivity index (χ0n) is 14.3. The van der Waals surface area contributed by atoms with Gasteiger partial charge in [-0.05, 0) is 43.2 Å². The number of methoxy groups -OCH3 is 1. The third-order valence-electron chi connectivity index (χ3n) is 4.42. The van der Waals surface area contributed by atoms with Gasteiger partial charge in [-0.3, -0.25) is 0 Å². The smallest absolute Gasteiger partial charge is 0.343 e. The van der Waals surface area contributed by atoms with E-state index in [2.05, 4.69) is 0 Å². The number of aromatic hydroxyl groups is 1. The van der Waals surface area contributed by atoms with Crippen molar-refractivity contribution in [3.63, 3.8) is 0 Å². The van der Waals surface area contributed by atoms with Gasteiger partial charge in [0, 0.05) is 16.5 Å². The summed E-state index contributed by atoms with van der Waals surface area (Å²) < 4.78 is 11.0. The molecule has 0 spiro atoms. The van der Waals surface area contributed by atoms with Crippen LogP contribution < -0.4 is 10.4 Å². The first kappa shape index (κ1) is 17.4. The molecule has 0 aliphatic heterocycles. The summed E-state index contributed by atoms with van der Waals surface area (Å²) >= 11 is 6.22. The van der Waals surface area contributed by atoms with E-state index in [1.54, 1.807) is 43.5 Å². The topological polar surface area (TPSA) is 59.7 Å². The highest BCUT2D eigenvalue weighted by atomic mass is 35.5. The molecule has 1 atom stereocenters. The van der Waals surface area contributed by atoms with Crippen LogP contribution in [0.1, 0.15) is 36.0 Å². The number of para-hydroxylation sites is 1. The number of benzene rings is 2. The Morgan fingerprint density at radius 2 is 2.00 bits per heavy atom. The molecule has 2 aromatic carbocycles. The highest BCUT2D eigenvalue weighted by molar-refractivity contribution is 6.30. The SMILES string of the molecule is CCC(c1cc(Cl)cc(C)c1OC)c1c(O)c2ccccc2oc1=O. The van der Waals surface area contributed by atoms with Crippen molar-refractivity contribution in [2.45, 2.75) is 26.2 Å². The standard InChI is InChI=1S/C20H19ClO4/c1-4-13(15-10-12(21)9-11(2)19(15)24-3)17-18(22)14-7-5-6-8-16(14)25-20(17)23/h5-10,13,22H,4H2,1-3H3. The van der Waals surface area contributed by atoms with Gasteiger partial charge < -0.3 is 14.3 Å². The van der Waals surface area contributed by atoms with Gasteiger partial charge in [-0.2, -0.15) is 0 Å². The van der Waals surface area contributed by atoms with Gasteiger partial charge >= 0.3 is 5.63 Å². The number of rotatable bonds is 4. The number of halogens is 1. The maximum Gasteiger partial charge on any atom is 0.343 e. The number of fused-ring (bicyclic) bond motifs is 1. The molecule has 0 bridgehead atoms. The number of ether oxygens (including phenoxy) is 1. The summed E-state index contributed by atoms with van der Waals surface area (Å²) in [5.74, 6) is 0.204. The second-order valence-electron chi connectivity index (χ2n) is 5.95. The number of hydrogen-bond acceptors (Lipinski definition) is 4. The Bertz CT molecular complexity index is 991. The molecule has 5 heteroatoms. The molecular weight excluding hydrogens is 340 g/mol. The predicted molar refractivity (Wildman–Crippen MR) is 99.0 cm³/mol.